The second-order valence-electron chi connectivity index (χ2n) is 8.53. The summed E-state index contributed by atoms with van der Waals surface area (Å²) < 4.78 is 0. The zero-order chi connectivity index (χ0) is 15.4. The van der Waals surface area contributed by atoms with Gasteiger partial charge >= 0.3 is 0 Å². The molecule has 1 N–H and O–H groups in total. The second-order valence-corrected chi connectivity index (χ2v) is 8.53. The van der Waals surface area contributed by atoms with Crippen LogP contribution < -0.4 is 0 Å². The molecule has 2 aliphatic carbocycles. The van der Waals surface area contributed by atoms with Crippen molar-refractivity contribution >= 4 is 0 Å². The van der Waals surface area contributed by atoms with E-state index in [0.717, 1.165) is 12.3 Å². The van der Waals surface area contributed by atoms with Crippen LogP contribution >= 0.6 is 0 Å². The van der Waals surface area contributed by atoms with Crippen LogP contribution in [0.15, 0.2) is 12.1 Å². The van der Waals surface area contributed by atoms with Crippen molar-refractivity contribution in [2.45, 2.75) is 78.1 Å². The van der Waals surface area contributed by atoms with Gasteiger partial charge in [-0.25, -0.2) is 0 Å². The van der Waals surface area contributed by atoms with Crippen LogP contribution in [-0.4, -0.2) is 5.11 Å². The van der Waals surface area contributed by atoms with Gasteiger partial charge in [-0.05, 0) is 71.1 Å². The van der Waals surface area contributed by atoms with Crippen molar-refractivity contribution in [3.8, 4) is 5.75 Å². The molecule has 0 amide bonds. The first-order chi connectivity index (χ1) is 9.77. The van der Waals surface area contributed by atoms with Gasteiger partial charge in [0.1, 0.15) is 5.75 Å². The van der Waals surface area contributed by atoms with Crippen LogP contribution in [0.1, 0.15) is 82.9 Å². The van der Waals surface area contributed by atoms with Crippen LogP contribution in [0.3, 0.4) is 0 Å². The van der Waals surface area contributed by atoms with Crippen molar-refractivity contribution in [3.63, 3.8) is 0 Å². The average Bonchev–Trinajstić information content (AvgIpc) is 2.36. The van der Waals surface area contributed by atoms with E-state index in [9.17, 15) is 5.11 Å². The maximum atomic E-state index is 10.3. The van der Waals surface area contributed by atoms with Gasteiger partial charge in [-0.1, -0.05) is 47.1 Å². The molecule has 1 saturated carbocycles. The average molecular weight is 286 g/mol. The Bertz CT molecular complexity index is 555. The Morgan fingerprint density at radius 3 is 2.52 bits per heavy atom. The quantitative estimate of drug-likeness (QED) is 0.718. The fourth-order valence-electron chi connectivity index (χ4n) is 5.54. The fraction of sp³-hybridized carbons (Fsp3) is 0.700. The molecule has 1 aromatic rings. The van der Waals surface area contributed by atoms with Crippen LogP contribution in [0.4, 0.5) is 0 Å². The molecule has 0 aliphatic heterocycles. The Labute approximate surface area is 129 Å². The van der Waals surface area contributed by atoms with Crippen LogP contribution in [0.5, 0.6) is 5.75 Å². The van der Waals surface area contributed by atoms with Crippen molar-refractivity contribution in [3.05, 3.63) is 28.8 Å². The molecule has 1 fully saturated rings. The summed E-state index contributed by atoms with van der Waals surface area (Å²) in [6.07, 6.45) is 6.41. The molecule has 2 aliphatic rings. The van der Waals surface area contributed by atoms with E-state index in [2.05, 4.69) is 40.7 Å². The van der Waals surface area contributed by atoms with Crippen LogP contribution in [0, 0.1) is 11.3 Å². The molecular weight excluding hydrogens is 256 g/mol. The first-order valence-corrected chi connectivity index (χ1v) is 8.62. The molecule has 1 heteroatoms. The van der Waals surface area contributed by atoms with Gasteiger partial charge in [0.05, 0.1) is 0 Å². The summed E-state index contributed by atoms with van der Waals surface area (Å²) in [7, 11) is 0. The van der Waals surface area contributed by atoms with E-state index in [4.69, 9.17) is 0 Å². The number of rotatable bonds is 1. The van der Waals surface area contributed by atoms with Crippen LogP contribution in [0.2, 0.25) is 0 Å². The first kappa shape index (κ1) is 14.9. The predicted molar refractivity (Wildman–Crippen MR) is 89.0 cm³/mol. The molecule has 0 bridgehead atoms. The lowest BCUT2D eigenvalue weighted by molar-refractivity contribution is 0.0404. The van der Waals surface area contributed by atoms with E-state index in [1.807, 2.05) is 6.07 Å². The van der Waals surface area contributed by atoms with Gasteiger partial charge in [-0.3, -0.25) is 0 Å². The Morgan fingerprint density at radius 2 is 1.86 bits per heavy atom. The molecule has 1 nitrogen and oxygen atoms in total. The number of aromatic hydroxyl groups is 1. The zero-order valence-corrected chi connectivity index (χ0v) is 14.3. The number of phenols is 1. The normalized spacial score (nSPS) is 30.9. The molecule has 3 rings (SSSR count). The molecule has 116 valence electrons. The monoisotopic (exact) mass is 286 g/mol. The summed E-state index contributed by atoms with van der Waals surface area (Å²) in [5, 5.41) is 10.3. The Kier molecular flexibility index (Phi) is 3.39. The first-order valence-electron chi connectivity index (χ1n) is 8.62. The molecule has 1 aromatic carbocycles. The molecule has 2 atom stereocenters. The largest absolute Gasteiger partial charge is 0.508 e. The Balaban J connectivity index is 2.17. The van der Waals surface area contributed by atoms with Gasteiger partial charge in [0.25, 0.3) is 0 Å². The molecule has 0 aromatic heterocycles. The Morgan fingerprint density at radius 1 is 1.14 bits per heavy atom. The molecule has 21 heavy (non-hydrogen) atoms. The lowest BCUT2D eigenvalue weighted by Crippen LogP contribution is -2.48. The highest BCUT2D eigenvalue weighted by Crippen LogP contribution is 2.58. The van der Waals surface area contributed by atoms with Crippen molar-refractivity contribution in [1.82, 2.24) is 0 Å². The third-order valence-electron chi connectivity index (χ3n) is 6.44. The molecule has 0 spiro atoms. The molecule has 0 unspecified atom stereocenters. The van der Waals surface area contributed by atoms with Gasteiger partial charge in [0, 0.05) is 0 Å². The number of hydrogen-bond acceptors (Lipinski definition) is 1. The maximum absolute atomic E-state index is 10.3. The van der Waals surface area contributed by atoms with E-state index in [1.165, 1.54) is 42.4 Å². The molecule has 0 saturated heterocycles. The van der Waals surface area contributed by atoms with Gasteiger partial charge in [0.2, 0.25) is 0 Å². The summed E-state index contributed by atoms with van der Waals surface area (Å²) in [6, 6.07) is 4.17. The minimum absolute atomic E-state index is 0.298. The third kappa shape index (κ3) is 2.12. The topological polar surface area (TPSA) is 20.2 Å². The number of phenolic OH excluding ortho intramolecular Hbond substituents is 1. The predicted octanol–water partition coefficient (Wildman–Crippen LogP) is 5.55. The van der Waals surface area contributed by atoms with Gasteiger partial charge in [-0.2, -0.15) is 0 Å². The smallest absolute Gasteiger partial charge is 0.119 e. The molecular formula is C20H30O. The second kappa shape index (κ2) is 4.76. The van der Waals surface area contributed by atoms with Crippen molar-refractivity contribution in [1.29, 1.82) is 0 Å². The van der Waals surface area contributed by atoms with Crippen molar-refractivity contribution < 1.29 is 5.11 Å². The summed E-state index contributed by atoms with van der Waals surface area (Å²) in [5.74, 6) is 1.67. The summed E-state index contributed by atoms with van der Waals surface area (Å²) >= 11 is 0. The van der Waals surface area contributed by atoms with E-state index >= 15 is 0 Å². The lowest BCUT2D eigenvalue weighted by Gasteiger charge is -2.54. The molecule has 0 heterocycles. The van der Waals surface area contributed by atoms with Crippen molar-refractivity contribution in [2.24, 2.45) is 11.3 Å². The van der Waals surface area contributed by atoms with E-state index in [1.54, 1.807) is 0 Å². The number of hydrogen-bond donors (Lipinski definition) is 1. The minimum Gasteiger partial charge on any atom is -0.508 e. The highest BCUT2D eigenvalue weighted by atomic mass is 16.3. The Hall–Kier alpha value is -0.980. The van der Waals surface area contributed by atoms with E-state index in [-0.39, 0.29) is 0 Å². The number of fused-ring (bicyclic) bond motifs is 3. The van der Waals surface area contributed by atoms with E-state index in [0.29, 0.717) is 22.5 Å². The number of benzene rings is 1. The minimum atomic E-state index is 0.298. The highest BCUT2D eigenvalue weighted by molar-refractivity contribution is 5.51. The van der Waals surface area contributed by atoms with E-state index < -0.39 is 0 Å². The third-order valence-corrected chi connectivity index (χ3v) is 6.44. The highest BCUT2D eigenvalue weighted by Gasteiger charge is 2.50. The van der Waals surface area contributed by atoms with Gasteiger partial charge < -0.3 is 5.11 Å². The fourth-order valence-corrected chi connectivity index (χ4v) is 5.54. The van der Waals surface area contributed by atoms with Crippen molar-refractivity contribution in [2.75, 3.05) is 0 Å². The van der Waals surface area contributed by atoms with Crippen LogP contribution in [-0.2, 0) is 11.8 Å². The van der Waals surface area contributed by atoms with Crippen LogP contribution in [0.25, 0.3) is 0 Å². The standard InChI is InChI=1S/C20H30O/c1-13(2)18-14-7-10-17-19(3,4)11-6-12-20(17,5)15(14)8-9-16(18)21/h8-9,13,17,21H,6-7,10-12H2,1-5H3/t17-,20-/m0/s1. The zero-order valence-electron chi connectivity index (χ0n) is 14.3. The maximum Gasteiger partial charge on any atom is 0.119 e. The summed E-state index contributed by atoms with van der Waals surface area (Å²) in [5.41, 5.74) is 4.94. The summed E-state index contributed by atoms with van der Waals surface area (Å²) in [6.45, 7) is 11.8. The summed E-state index contributed by atoms with van der Waals surface area (Å²) in [4.78, 5) is 0. The molecule has 0 radical (unpaired) electrons. The van der Waals surface area contributed by atoms with Gasteiger partial charge in [-0.15, -0.1) is 0 Å². The lowest BCUT2D eigenvalue weighted by atomic mass is 9.50. The van der Waals surface area contributed by atoms with Gasteiger partial charge in [0.15, 0.2) is 0 Å². The SMILES string of the molecule is CC(C)c1c(O)ccc2c1CC[C@H]1C(C)(C)CCC[C@@]21C.